The number of hydrogen-bond donors (Lipinski definition) is 0. The lowest BCUT2D eigenvalue weighted by Crippen LogP contribution is -1.92. The van der Waals surface area contributed by atoms with Crippen LogP contribution in [0.4, 0.5) is 4.39 Å². The number of hydrogen-bond acceptors (Lipinski definition) is 3. The van der Waals surface area contributed by atoms with Gasteiger partial charge in [0.05, 0.1) is 5.56 Å². The van der Waals surface area contributed by atoms with Gasteiger partial charge in [-0.1, -0.05) is 27.5 Å². The van der Waals surface area contributed by atoms with Gasteiger partial charge < -0.3 is 0 Å². The van der Waals surface area contributed by atoms with Gasteiger partial charge in [-0.25, -0.2) is 14.4 Å². The molecule has 18 heavy (non-hydrogen) atoms. The van der Waals surface area contributed by atoms with Gasteiger partial charge in [0, 0.05) is 9.86 Å². The molecule has 0 bridgehead atoms. The van der Waals surface area contributed by atoms with Crippen LogP contribution in [0.15, 0.2) is 34.1 Å². The van der Waals surface area contributed by atoms with E-state index < -0.39 is 0 Å². The Morgan fingerprint density at radius 3 is 2.83 bits per heavy atom. The van der Waals surface area contributed by atoms with Crippen LogP contribution in [0.25, 0.3) is 21.6 Å². The quantitative estimate of drug-likeness (QED) is 0.587. The first-order valence-electron chi connectivity index (χ1n) is 5.01. The van der Waals surface area contributed by atoms with E-state index in [0.717, 1.165) is 10.2 Å². The molecule has 6 heteroatoms. The molecule has 1 aromatic carbocycles. The van der Waals surface area contributed by atoms with Crippen molar-refractivity contribution in [2.24, 2.45) is 0 Å². The van der Waals surface area contributed by atoms with Crippen molar-refractivity contribution in [1.29, 1.82) is 0 Å². The molecule has 90 valence electrons. The summed E-state index contributed by atoms with van der Waals surface area (Å²) in [6.45, 7) is 0. The monoisotopic (exact) mass is 342 g/mol. The van der Waals surface area contributed by atoms with E-state index in [9.17, 15) is 4.39 Å². The topological polar surface area (TPSA) is 25.8 Å². The normalized spacial score (nSPS) is 11.1. The van der Waals surface area contributed by atoms with Gasteiger partial charge >= 0.3 is 0 Å². The van der Waals surface area contributed by atoms with Crippen LogP contribution in [0.2, 0.25) is 5.15 Å². The smallest absolute Gasteiger partial charge is 0.165 e. The lowest BCUT2D eigenvalue weighted by atomic mass is 10.2. The molecular weight excluding hydrogens is 339 g/mol. The third-order valence-corrected chi connectivity index (χ3v) is 4.04. The summed E-state index contributed by atoms with van der Waals surface area (Å²) in [6.07, 6.45) is 0. The third kappa shape index (κ3) is 2.02. The van der Waals surface area contributed by atoms with Gasteiger partial charge in [-0.2, -0.15) is 0 Å². The Morgan fingerprint density at radius 1 is 1.22 bits per heavy atom. The maximum atomic E-state index is 13.8. The van der Waals surface area contributed by atoms with Gasteiger partial charge in [0.15, 0.2) is 5.82 Å². The number of halogens is 3. The number of thiophene rings is 1. The number of nitrogens with zero attached hydrogens (tertiary/aromatic N) is 2. The Labute approximate surface area is 120 Å². The highest BCUT2D eigenvalue weighted by Crippen LogP contribution is 2.29. The Hall–Kier alpha value is -1.04. The van der Waals surface area contributed by atoms with E-state index in [0.29, 0.717) is 21.0 Å². The minimum atomic E-state index is -0.378. The van der Waals surface area contributed by atoms with E-state index in [-0.39, 0.29) is 5.82 Å². The largest absolute Gasteiger partial charge is 0.217 e. The minimum Gasteiger partial charge on any atom is -0.217 e. The van der Waals surface area contributed by atoms with E-state index in [2.05, 4.69) is 25.9 Å². The zero-order valence-electron chi connectivity index (χ0n) is 8.82. The van der Waals surface area contributed by atoms with Crippen molar-refractivity contribution in [3.05, 3.63) is 45.1 Å². The van der Waals surface area contributed by atoms with Crippen LogP contribution in [0.1, 0.15) is 0 Å². The van der Waals surface area contributed by atoms with Gasteiger partial charge in [0.25, 0.3) is 0 Å². The number of fused-ring (bicyclic) bond motifs is 1. The second-order valence-electron chi connectivity index (χ2n) is 3.60. The van der Waals surface area contributed by atoms with Crippen LogP contribution >= 0.6 is 38.9 Å². The highest BCUT2D eigenvalue weighted by atomic mass is 79.9. The van der Waals surface area contributed by atoms with Gasteiger partial charge in [0.2, 0.25) is 0 Å². The lowest BCUT2D eigenvalue weighted by molar-refractivity contribution is 0.629. The molecule has 0 fully saturated rings. The van der Waals surface area contributed by atoms with E-state index in [4.69, 9.17) is 11.6 Å². The Morgan fingerprint density at radius 2 is 2.06 bits per heavy atom. The molecule has 0 unspecified atom stereocenters. The molecule has 2 aromatic heterocycles. The molecular formula is C12H5BrClFN2S. The van der Waals surface area contributed by atoms with Crippen molar-refractivity contribution < 1.29 is 4.39 Å². The predicted molar refractivity (Wildman–Crippen MR) is 75.5 cm³/mol. The summed E-state index contributed by atoms with van der Waals surface area (Å²) in [5, 5.41) is 3.02. The van der Waals surface area contributed by atoms with Crippen molar-refractivity contribution in [2.75, 3.05) is 0 Å². The maximum absolute atomic E-state index is 13.8. The van der Waals surface area contributed by atoms with Crippen LogP contribution in [0.5, 0.6) is 0 Å². The molecule has 0 aliphatic rings. The fraction of sp³-hybridized carbons (Fsp3) is 0. The summed E-state index contributed by atoms with van der Waals surface area (Å²) in [4.78, 5) is 9.22. The van der Waals surface area contributed by atoms with E-state index in [1.807, 2.05) is 11.4 Å². The van der Waals surface area contributed by atoms with E-state index in [1.54, 1.807) is 12.1 Å². The van der Waals surface area contributed by atoms with Gasteiger partial charge in [-0.05, 0) is 29.6 Å². The third-order valence-electron chi connectivity index (χ3n) is 2.45. The van der Waals surface area contributed by atoms with Crippen LogP contribution in [-0.4, -0.2) is 9.97 Å². The van der Waals surface area contributed by atoms with E-state index in [1.165, 1.54) is 17.4 Å². The summed E-state index contributed by atoms with van der Waals surface area (Å²) in [6, 6.07) is 6.61. The fourth-order valence-corrected chi connectivity index (χ4v) is 3.00. The Kier molecular flexibility index (Phi) is 3.05. The standard InChI is InChI=1S/C12H5BrClFN2S/c13-6-1-2-7(9(15)5-6)11-16-10(14)8-3-4-18-12(8)17-11/h1-5H. The summed E-state index contributed by atoms with van der Waals surface area (Å²) in [5.74, 6) is -0.0729. The van der Waals surface area contributed by atoms with Crippen molar-refractivity contribution in [2.45, 2.75) is 0 Å². The van der Waals surface area contributed by atoms with Crippen LogP contribution in [-0.2, 0) is 0 Å². The summed E-state index contributed by atoms with van der Waals surface area (Å²) >= 11 is 10.7. The molecule has 0 saturated heterocycles. The average molecular weight is 344 g/mol. The molecule has 3 rings (SSSR count). The molecule has 0 saturated carbocycles. The number of benzene rings is 1. The maximum Gasteiger partial charge on any atom is 0.165 e. The van der Waals surface area contributed by atoms with Crippen LogP contribution in [0.3, 0.4) is 0 Å². The molecule has 0 amide bonds. The van der Waals surface area contributed by atoms with Gasteiger partial charge in [0.1, 0.15) is 15.8 Å². The van der Waals surface area contributed by atoms with Crippen molar-refractivity contribution >= 4 is 49.1 Å². The van der Waals surface area contributed by atoms with E-state index >= 15 is 0 Å². The first kappa shape index (κ1) is 12.0. The number of rotatable bonds is 1. The van der Waals surface area contributed by atoms with Crippen molar-refractivity contribution in [3.8, 4) is 11.4 Å². The summed E-state index contributed by atoms with van der Waals surface area (Å²) in [5.41, 5.74) is 0.343. The van der Waals surface area contributed by atoms with Crippen molar-refractivity contribution in [1.82, 2.24) is 9.97 Å². The molecule has 0 aliphatic carbocycles. The molecule has 3 aromatic rings. The Balaban J connectivity index is 2.24. The second kappa shape index (κ2) is 4.57. The summed E-state index contributed by atoms with van der Waals surface area (Å²) in [7, 11) is 0. The van der Waals surface area contributed by atoms with Crippen LogP contribution in [0, 0.1) is 5.82 Å². The fourth-order valence-electron chi connectivity index (χ4n) is 1.61. The minimum absolute atomic E-state index is 0.306. The highest BCUT2D eigenvalue weighted by Gasteiger charge is 2.12. The summed E-state index contributed by atoms with van der Waals surface area (Å²) < 4.78 is 14.5. The first-order valence-corrected chi connectivity index (χ1v) is 7.06. The SMILES string of the molecule is Fc1cc(Br)ccc1-c1nc(Cl)c2ccsc2n1. The highest BCUT2D eigenvalue weighted by molar-refractivity contribution is 9.10. The zero-order valence-corrected chi connectivity index (χ0v) is 12.0. The molecule has 2 heterocycles. The zero-order chi connectivity index (χ0) is 12.7. The average Bonchev–Trinajstić information content (AvgIpc) is 2.77. The lowest BCUT2D eigenvalue weighted by Gasteiger charge is -2.03. The van der Waals surface area contributed by atoms with Gasteiger partial charge in [-0.3, -0.25) is 0 Å². The van der Waals surface area contributed by atoms with Crippen LogP contribution < -0.4 is 0 Å². The molecule has 0 atom stereocenters. The molecule has 0 radical (unpaired) electrons. The van der Waals surface area contributed by atoms with Gasteiger partial charge in [-0.15, -0.1) is 11.3 Å². The van der Waals surface area contributed by atoms with Crippen molar-refractivity contribution in [3.63, 3.8) is 0 Å². The second-order valence-corrected chi connectivity index (χ2v) is 5.77. The predicted octanol–water partition coefficient (Wildman–Crippen LogP) is 4.91. The molecule has 0 aliphatic heterocycles. The molecule has 0 N–H and O–H groups in total. The molecule has 2 nitrogen and oxygen atoms in total. The Bertz CT molecular complexity index is 744. The molecule has 0 spiro atoms. The number of aromatic nitrogens is 2. The first-order chi connectivity index (χ1) is 8.65.